The summed E-state index contributed by atoms with van der Waals surface area (Å²) in [6.45, 7) is 3.99. The lowest BCUT2D eigenvalue weighted by Crippen LogP contribution is -2.48. The normalized spacial score (nSPS) is 17.9. The molecule has 8 nitrogen and oxygen atoms in total. The second-order valence-corrected chi connectivity index (χ2v) is 8.32. The van der Waals surface area contributed by atoms with Gasteiger partial charge in [0.2, 0.25) is 10.0 Å². The number of nitrogens with one attached hydrogen (secondary N) is 2. The highest BCUT2D eigenvalue weighted by Crippen LogP contribution is 2.26. The van der Waals surface area contributed by atoms with Crippen molar-refractivity contribution in [1.82, 2.24) is 14.9 Å². The van der Waals surface area contributed by atoms with Crippen molar-refractivity contribution in [3.05, 3.63) is 24.3 Å². The van der Waals surface area contributed by atoms with Crippen molar-refractivity contribution < 1.29 is 22.7 Å². The van der Waals surface area contributed by atoms with E-state index in [1.54, 1.807) is 26.0 Å². The fourth-order valence-electron chi connectivity index (χ4n) is 2.83. The van der Waals surface area contributed by atoms with E-state index in [4.69, 9.17) is 4.74 Å². The second-order valence-electron chi connectivity index (χ2n) is 6.43. The Bertz CT molecular complexity index is 746. The van der Waals surface area contributed by atoms with Crippen LogP contribution in [0, 0.1) is 0 Å². The molecule has 1 fully saturated rings. The average Bonchev–Trinajstić information content (AvgIpc) is 3.08. The van der Waals surface area contributed by atoms with Crippen LogP contribution in [0.5, 0.6) is 5.75 Å². The summed E-state index contributed by atoms with van der Waals surface area (Å²) >= 11 is 0. The molecule has 1 aromatic carbocycles. The van der Waals surface area contributed by atoms with Gasteiger partial charge in [0.1, 0.15) is 5.75 Å². The number of methoxy groups -OCH3 is 1. The minimum absolute atomic E-state index is 0.0970. The van der Waals surface area contributed by atoms with E-state index in [1.165, 1.54) is 23.5 Å². The van der Waals surface area contributed by atoms with E-state index < -0.39 is 21.8 Å². The number of rotatable bonds is 6. The Morgan fingerprint density at radius 2 is 1.88 bits per heavy atom. The lowest BCUT2D eigenvalue weighted by atomic mass is 10.2. The van der Waals surface area contributed by atoms with E-state index in [0.717, 1.165) is 0 Å². The Hall–Kier alpha value is -2.13. The maximum atomic E-state index is 12.9. The first-order valence-electron chi connectivity index (χ1n) is 8.50. The van der Waals surface area contributed by atoms with Crippen LogP contribution < -0.4 is 15.4 Å². The zero-order valence-electron chi connectivity index (χ0n) is 15.2. The van der Waals surface area contributed by atoms with Gasteiger partial charge in [0.15, 0.2) is 0 Å². The maximum absolute atomic E-state index is 12.9. The van der Waals surface area contributed by atoms with E-state index >= 15 is 0 Å². The van der Waals surface area contributed by atoms with Crippen LogP contribution in [0.25, 0.3) is 0 Å². The zero-order chi connectivity index (χ0) is 19.3. The summed E-state index contributed by atoms with van der Waals surface area (Å²) in [5.74, 6) is -0.902. The third kappa shape index (κ3) is 4.73. The quantitative estimate of drug-likeness (QED) is 0.696. The molecular weight excluding hydrogens is 358 g/mol. The molecule has 0 unspecified atom stereocenters. The van der Waals surface area contributed by atoms with E-state index in [9.17, 15) is 18.0 Å². The molecule has 1 atom stereocenters. The summed E-state index contributed by atoms with van der Waals surface area (Å²) in [6.07, 6.45) is 1.33. The first kappa shape index (κ1) is 20.2. The molecule has 0 aromatic heterocycles. The van der Waals surface area contributed by atoms with Crippen LogP contribution in [-0.2, 0) is 19.6 Å². The lowest BCUT2D eigenvalue weighted by Gasteiger charge is -2.24. The minimum Gasteiger partial charge on any atom is -0.497 e. The molecule has 9 heteroatoms. The number of carbonyl (C=O) groups excluding carboxylic acids is 2. The van der Waals surface area contributed by atoms with Crippen molar-refractivity contribution in [2.24, 2.45) is 0 Å². The minimum atomic E-state index is -3.67. The fourth-order valence-corrected chi connectivity index (χ4v) is 4.52. The van der Waals surface area contributed by atoms with Crippen molar-refractivity contribution >= 4 is 21.8 Å². The lowest BCUT2D eigenvalue weighted by molar-refractivity contribution is -0.139. The van der Waals surface area contributed by atoms with E-state index in [2.05, 4.69) is 10.6 Å². The highest BCUT2D eigenvalue weighted by Gasteiger charge is 2.35. The summed E-state index contributed by atoms with van der Waals surface area (Å²) in [6, 6.07) is 5.66. The molecule has 2 rings (SSSR count). The summed E-state index contributed by atoms with van der Waals surface area (Å²) < 4.78 is 32.2. The molecule has 1 heterocycles. The van der Waals surface area contributed by atoms with Crippen LogP contribution in [0.2, 0.25) is 0 Å². The molecule has 1 aliphatic heterocycles. The number of carbonyl (C=O) groups is 2. The van der Waals surface area contributed by atoms with E-state index in [-0.39, 0.29) is 23.5 Å². The largest absolute Gasteiger partial charge is 0.497 e. The number of hydrogen-bond acceptors (Lipinski definition) is 5. The van der Waals surface area contributed by atoms with Gasteiger partial charge < -0.3 is 15.4 Å². The average molecular weight is 383 g/mol. The predicted octanol–water partition coefficient (Wildman–Crippen LogP) is 0.489. The van der Waals surface area contributed by atoms with Crippen LogP contribution in [0.3, 0.4) is 0 Å². The van der Waals surface area contributed by atoms with Gasteiger partial charge in [-0.25, -0.2) is 8.42 Å². The summed E-state index contributed by atoms with van der Waals surface area (Å²) in [5, 5.41) is 5.03. The molecule has 1 saturated heterocycles. The summed E-state index contributed by atoms with van der Waals surface area (Å²) in [7, 11) is -2.16. The number of benzene rings is 1. The highest BCUT2D eigenvalue weighted by molar-refractivity contribution is 7.89. The molecule has 0 aliphatic carbocycles. The first-order chi connectivity index (χ1) is 12.3. The Balaban J connectivity index is 2.04. The van der Waals surface area contributed by atoms with Crippen LogP contribution in [0.1, 0.15) is 26.7 Å². The highest BCUT2D eigenvalue weighted by atomic mass is 32.2. The monoisotopic (exact) mass is 383 g/mol. The maximum Gasteiger partial charge on any atom is 0.309 e. The Kier molecular flexibility index (Phi) is 6.60. The SMILES string of the molecule is COc1ccc(S(=O)(=O)N2CCC[C@@H]2CNC(=O)C(=O)NC(C)C)cc1. The van der Waals surface area contributed by atoms with Gasteiger partial charge in [-0.05, 0) is 51.0 Å². The molecule has 2 amide bonds. The molecule has 0 saturated carbocycles. The Morgan fingerprint density at radius 1 is 1.23 bits per heavy atom. The summed E-state index contributed by atoms with van der Waals surface area (Å²) in [5.41, 5.74) is 0. The van der Waals surface area contributed by atoms with Crippen LogP contribution in [0.15, 0.2) is 29.2 Å². The molecule has 0 spiro atoms. The fraction of sp³-hybridized carbons (Fsp3) is 0.529. The zero-order valence-corrected chi connectivity index (χ0v) is 16.0. The van der Waals surface area contributed by atoms with E-state index in [1.807, 2.05) is 0 Å². The van der Waals surface area contributed by atoms with Gasteiger partial charge in [0.05, 0.1) is 12.0 Å². The topological polar surface area (TPSA) is 105 Å². The second kappa shape index (κ2) is 8.50. The number of ether oxygens (including phenoxy) is 1. The molecule has 144 valence electrons. The smallest absolute Gasteiger partial charge is 0.309 e. The van der Waals surface area contributed by atoms with Crippen molar-refractivity contribution in [2.45, 2.75) is 43.7 Å². The molecule has 1 aromatic rings. The van der Waals surface area contributed by atoms with Gasteiger partial charge in [0, 0.05) is 25.2 Å². The van der Waals surface area contributed by atoms with Crippen LogP contribution >= 0.6 is 0 Å². The molecular formula is C17H25N3O5S. The van der Waals surface area contributed by atoms with Crippen molar-refractivity contribution in [1.29, 1.82) is 0 Å². The number of amides is 2. The van der Waals surface area contributed by atoms with Gasteiger partial charge in [-0.1, -0.05) is 0 Å². The van der Waals surface area contributed by atoms with Crippen LogP contribution in [0.4, 0.5) is 0 Å². The van der Waals surface area contributed by atoms with Crippen molar-refractivity contribution in [3.8, 4) is 5.75 Å². The van der Waals surface area contributed by atoms with Gasteiger partial charge >= 0.3 is 11.8 Å². The third-order valence-corrected chi connectivity index (χ3v) is 6.08. The van der Waals surface area contributed by atoms with Crippen LogP contribution in [-0.4, -0.2) is 56.8 Å². The Labute approximate surface area is 153 Å². The van der Waals surface area contributed by atoms with Gasteiger partial charge in [-0.2, -0.15) is 4.31 Å². The third-order valence-electron chi connectivity index (χ3n) is 4.11. The van der Waals surface area contributed by atoms with E-state index in [0.29, 0.717) is 25.1 Å². The standard InChI is InChI=1S/C17H25N3O5S/c1-12(2)19-17(22)16(21)18-11-13-5-4-10-20(13)26(23,24)15-8-6-14(25-3)7-9-15/h6-9,12-13H,4-5,10-11H2,1-3H3,(H,18,21)(H,19,22)/t13-/m1/s1. The molecule has 1 aliphatic rings. The van der Waals surface area contributed by atoms with Crippen molar-refractivity contribution in [3.63, 3.8) is 0 Å². The predicted molar refractivity (Wildman–Crippen MR) is 96.2 cm³/mol. The number of hydrogen-bond donors (Lipinski definition) is 2. The Morgan fingerprint density at radius 3 is 2.46 bits per heavy atom. The summed E-state index contributed by atoms with van der Waals surface area (Å²) in [4.78, 5) is 23.7. The first-order valence-corrected chi connectivity index (χ1v) is 9.94. The van der Waals surface area contributed by atoms with Gasteiger partial charge in [0.25, 0.3) is 0 Å². The molecule has 0 radical (unpaired) electrons. The molecule has 2 N–H and O–H groups in total. The number of nitrogens with zero attached hydrogens (tertiary/aromatic N) is 1. The van der Waals surface area contributed by atoms with Gasteiger partial charge in [-0.3, -0.25) is 9.59 Å². The molecule has 26 heavy (non-hydrogen) atoms. The van der Waals surface area contributed by atoms with Crippen molar-refractivity contribution in [2.75, 3.05) is 20.2 Å². The van der Waals surface area contributed by atoms with Gasteiger partial charge in [-0.15, -0.1) is 0 Å². The molecule has 0 bridgehead atoms. The number of sulfonamides is 1.